The zero-order valence-corrected chi connectivity index (χ0v) is 17.0. The van der Waals surface area contributed by atoms with Gasteiger partial charge < -0.3 is 14.8 Å². The van der Waals surface area contributed by atoms with Crippen LogP contribution in [0.15, 0.2) is 48.7 Å². The summed E-state index contributed by atoms with van der Waals surface area (Å²) in [7, 11) is 2.10. The molecule has 2 aromatic carbocycles. The number of para-hydroxylation sites is 1. The van der Waals surface area contributed by atoms with Crippen molar-refractivity contribution in [3.05, 3.63) is 65.4 Å². The topological polar surface area (TPSA) is 20.2 Å². The van der Waals surface area contributed by atoms with Crippen LogP contribution in [0.3, 0.4) is 0 Å². The standard InChI is InChI=1S/C22H27N3S/c1-15(2)25(22(26)23-20-12-16(3)10-11-17(20)4)14-18-13-24(5)21-9-7-6-8-19(18)21/h6-13,15H,14H2,1-5H3,(H,23,26). The molecule has 3 nitrogen and oxygen atoms in total. The van der Waals surface area contributed by atoms with Gasteiger partial charge in [-0.2, -0.15) is 0 Å². The average Bonchev–Trinajstić information content (AvgIpc) is 2.92. The van der Waals surface area contributed by atoms with Gasteiger partial charge in [-0.15, -0.1) is 0 Å². The Morgan fingerprint density at radius 1 is 1.15 bits per heavy atom. The molecule has 0 aliphatic carbocycles. The second-order valence-corrected chi connectivity index (χ2v) is 7.64. The van der Waals surface area contributed by atoms with Gasteiger partial charge in [-0.25, -0.2) is 0 Å². The van der Waals surface area contributed by atoms with Crippen molar-refractivity contribution < 1.29 is 0 Å². The van der Waals surface area contributed by atoms with Crippen molar-refractivity contribution in [3.63, 3.8) is 0 Å². The fraction of sp³-hybridized carbons (Fsp3) is 0.318. The molecule has 0 amide bonds. The van der Waals surface area contributed by atoms with Crippen LogP contribution in [-0.2, 0) is 13.6 Å². The van der Waals surface area contributed by atoms with E-state index in [0.29, 0.717) is 6.04 Å². The van der Waals surface area contributed by atoms with Crippen LogP contribution in [0, 0.1) is 13.8 Å². The molecule has 136 valence electrons. The number of nitrogens with zero attached hydrogens (tertiary/aromatic N) is 2. The fourth-order valence-electron chi connectivity index (χ4n) is 3.28. The molecule has 3 aromatic rings. The normalized spacial score (nSPS) is 11.2. The molecule has 0 radical (unpaired) electrons. The summed E-state index contributed by atoms with van der Waals surface area (Å²) in [6.07, 6.45) is 2.21. The Labute approximate surface area is 161 Å². The van der Waals surface area contributed by atoms with Gasteiger partial charge in [-0.05, 0) is 68.7 Å². The molecule has 1 heterocycles. The van der Waals surface area contributed by atoms with Crippen LogP contribution < -0.4 is 5.32 Å². The number of anilines is 1. The molecule has 0 atom stereocenters. The summed E-state index contributed by atoms with van der Waals surface area (Å²) in [6, 6.07) is 15.2. The summed E-state index contributed by atoms with van der Waals surface area (Å²) >= 11 is 5.77. The quantitative estimate of drug-likeness (QED) is 0.625. The molecule has 4 heteroatoms. The molecule has 0 aliphatic heterocycles. The number of aryl methyl sites for hydroxylation is 3. The first-order valence-corrected chi connectivity index (χ1v) is 9.45. The maximum atomic E-state index is 5.77. The highest BCUT2D eigenvalue weighted by Crippen LogP contribution is 2.24. The van der Waals surface area contributed by atoms with Gasteiger partial charge in [-0.1, -0.05) is 30.3 Å². The van der Waals surface area contributed by atoms with Gasteiger partial charge in [0.05, 0.1) is 0 Å². The van der Waals surface area contributed by atoms with E-state index < -0.39 is 0 Å². The van der Waals surface area contributed by atoms with Crippen LogP contribution in [0.5, 0.6) is 0 Å². The van der Waals surface area contributed by atoms with Crippen LogP contribution in [0.25, 0.3) is 10.9 Å². The van der Waals surface area contributed by atoms with Crippen molar-refractivity contribution in [2.24, 2.45) is 7.05 Å². The summed E-state index contributed by atoms with van der Waals surface area (Å²) < 4.78 is 2.18. The third kappa shape index (κ3) is 3.75. The number of aromatic nitrogens is 1. The Bertz CT molecular complexity index is 940. The minimum absolute atomic E-state index is 0.305. The molecule has 0 unspecified atom stereocenters. The Kier molecular flexibility index (Phi) is 5.33. The highest BCUT2D eigenvalue weighted by molar-refractivity contribution is 7.80. The van der Waals surface area contributed by atoms with Crippen LogP contribution in [0.1, 0.15) is 30.5 Å². The van der Waals surface area contributed by atoms with Crippen molar-refractivity contribution in [1.29, 1.82) is 0 Å². The molecule has 0 bridgehead atoms. The third-order valence-corrected chi connectivity index (χ3v) is 5.18. The number of benzene rings is 2. The van der Waals surface area contributed by atoms with Crippen molar-refractivity contribution in [1.82, 2.24) is 9.47 Å². The van der Waals surface area contributed by atoms with Crippen LogP contribution in [0.4, 0.5) is 5.69 Å². The molecule has 0 saturated heterocycles. The van der Waals surface area contributed by atoms with Gasteiger partial charge in [0.15, 0.2) is 5.11 Å². The predicted octanol–water partition coefficient (Wildman–Crippen LogP) is 5.40. The van der Waals surface area contributed by atoms with Crippen LogP contribution in [-0.4, -0.2) is 20.6 Å². The Balaban J connectivity index is 1.87. The van der Waals surface area contributed by atoms with Gasteiger partial charge in [0.1, 0.15) is 0 Å². The van der Waals surface area contributed by atoms with Gasteiger partial charge in [-0.3, -0.25) is 0 Å². The average molecular weight is 366 g/mol. The van der Waals surface area contributed by atoms with Gasteiger partial charge >= 0.3 is 0 Å². The largest absolute Gasteiger partial charge is 0.350 e. The summed E-state index contributed by atoms with van der Waals surface area (Å²) in [5.41, 5.74) is 6.05. The molecule has 26 heavy (non-hydrogen) atoms. The first-order chi connectivity index (χ1) is 12.4. The third-order valence-electron chi connectivity index (χ3n) is 4.84. The molecule has 1 N–H and O–H groups in total. The lowest BCUT2D eigenvalue weighted by Gasteiger charge is -2.30. The molecular weight excluding hydrogens is 338 g/mol. The number of hydrogen-bond acceptors (Lipinski definition) is 1. The van der Waals surface area contributed by atoms with Gasteiger partial charge in [0, 0.05) is 42.4 Å². The SMILES string of the molecule is Cc1ccc(C)c(NC(=S)N(Cc2cn(C)c3ccccc23)C(C)C)c1. The van der Waals surface area contributed by atoms with E-state index in [1.165, 1.54) is 27.6 Å². The Hall–Kier alpha value is -2.33. The van der Waals surface area contributed by atoms with Crippen molar-refractivity contribution in [2.45, 2.75) is 40.3 Å². The first-order valence-electron chi connectivity index (χ1n) is 9.04. The minimum atomic E-state index is 0.305. The second kappa shape index (κ2) is 7.50. The molecule has 1 aromatic heterocycles. The van der Waals surface area contributed by atoms with Crippen molar-refractivity contribution in [2.75, 3.05) is 5.32 Å². The van der Waals surface area contributed by atoms with E-state index in [2.05, 4.69) is 98.2 Å². The van der Waals surface area contributed by atoms with Crippen LogP contribution >= 0.6 is 12.2 Å². The lowest BCUT2D eigenvalue weighted by atomic mass is 10.1. The van der Waals surface area contributed by atoms with E-state index in [1.54, 1.807) is 0 Å². The second-order valence-electron chi connectivity index (χ2n) is 7.25. The van der Waals surface area contributed by atoms with E-state index in [0.717, 1.165) is 17.3 Å². The molecule has 0 fully saturated rings. The lowest BCUT2D eigenvalue weighted by molar-refractivity contribution is 0.349. The first kappa shape index (κ1) is 18.5. The van der Waals surface area contributed by atoms with Crippen LogP contribution in [0.2, 0.25) is 0 Å². The van der Waals surface area contributed by atoms with E-state index >= 15 is 0 Å². The van der Waals surface area contributed by atoms with Crippen molar-refractivity contribution >= 4 is 33.9 Å². The molecule has 0 aliphatic rings. The van der Waals surface area contributed by atoms with Gasteiger partial charge in [0.2, 0.25) is 0 Å². The number of nitrogens with one attached hydrogen (secondary N) is 1. The molecular formula is C22H27N3S. The van der Waals surface area contributed by atoms with E-state index in [1.807, 2.05) is 0 Å². The highest BCUT2D eigenvalue weighted by atomic mass is 32.1. The fourth-order valence-corrected chi connectivity index (χ4v) is 3.67. The van der Waals surface area contributed by atoms with E-state index in [9.17, 15) is 0 Å². The Morgan fingerprint density at radius 2 is 1.88 bits per heavy atom. The maximum absolute atomic E-state index is 5.77. The van der Waals surface area contributed by atoms with Gasteiger partial charge in [0.25, 0.3) is 0 Å². The van der Waals surface area contributed by atoms with E-state index in [-0.39, 0.29) is 0 Å². The summed E-state index contributed by atoms with van der Waals surface area (Å²) in [4.78, 5) is 2.25. The highest BCUT2D eigenvalue weighted by Gasteiger charge is 2.17. The number of hydrogen-bond donors (Lipinski definition) is 1. The molecule has 0 saturated carbocycles. The predicted molar refractivity (Wildman–Crippen MR) is 116 cm³/mol. The maximum Gasteiger partial charge on any atom is 0.173 e. The lowest BCUT2D eigenvalue weighted by Crippen LogP contribution is -2.39. The number of thiocarbonyl (C=S) groups is 1. The molecule has 0 spiro atoms. The molecule has 3 rings (SSSR count). The summed E-state index contributed by atoms with van der Waals surface area (Å²) in [6.45, 7) is 9.36. The zero-order chi connectivity index (χ0) is 18.8. The summed E-state index contributed by atoms with van der Waals surface area (Å²) in [5.74, 6) is 0. The van der Waals surface area contributed by atoms with Crippen molar-refractivity contribution in [3.8, 4) is 0 Å². The number of fused-ring (bicyclic) bond motifs is 1. The summed E-state index contributed by atoms with van der Waals surface area (Å²) in [5, 5.41) is 5.51. The number of rotatable bonds is 4. The van der Waals surface area contributed by atoms with E-state index in [4.69, 9.17) is 12.2 Å². The minimum Gasteiger partial charge on any atom is -0.350 e. The smallest absolute Gasteiger partial charge is 0.173 e. The Morgan fingerprint density at radius 3 is 2.62 bits per heavy atom. The zero-order valence-electron chi connectivity index (χ0n) is 16.2. The monoisotopic (exact) mass is 365 g/mol.